The molecule has 1 aromatic heterocycles. The molecule has 1 amide bonds. The van der Waals surface area contributed by atoms with Crippen LogP contribution in [0.4, 0.5) is 0 Å². The summed E-state index contributed by atoms with van der Waals surface area (Å²) in [5.74, 6) is 2.38. The highest BCUT2D eigenvalue weighted by Crippen LogP contribution is 2.45. The van der Waals surface area contributed by atoms with Crippen LogP contribution in [0.1, 0.15) is 65.1 Å². The summed E-state index contributed by atoms with van der Waals surface area (Å²) in [5, 5.41) is 0. The Morgan fingerprint density at radius 2 is 2.12 bits per heavy atom. The van der Waals surface area contributed by atoms with Gasteiger partial charge in [0.2, 0.25) is 0 Å². The van der Waals surface area contributed by atoms with Crippen LogP contribution in [0.15, 0.2) is 30.5 Å². The smallest absolute Gasteiger partial charge is 0.254 e. The molecule has 3 heterocycles. The Balaban J connectivity index is 1.48. The monoisotopic (exact) mass is 335 g/mol. The van der Waals surface area contributed by atoms with E-state index in [0.29, 0.717) is 17.2 Å². The van der Waals surface area contributed by atoms with Crippen LogP contribution in [0, 0.1) is 0 Å². The van der Waals surface area contributed by atoms with Crippen LogP contribution < -0.4 is 4.74 Å². The number of amides is 1. The zero-order valence-corrected chi connectivity index (χ0v) is 14.3. The summed E-state index contributed by atoms with van der Waals surface area (Å²) < 4.78 is 5.27. The lowest BCUT2D eigenvalue weighted by Crippen LogP contribution is -2.42. The van der Waals surface area contributed by atoms with Crippen LogP contribution in [0.25, 0.3) is 0 Å². The Kier molecular flexibility index (Phi) is 3.30. The van der Waals surface area contributed by atoms with E-state index in [-0.39, 0.29) is 18.0 Å². The summed E-state index contributed by atoms with van der Waals surface area (Å²) in [5.41, 5.74) is 3.00. The fraction of sp³-hybridized carbons (Fsp3) is 0.450. The van der Waals surface area contributed by atoms with E-state index in [1.807, 2.05) is 30.5 Å². The van der Waals surface area contributed by atoms with Gasteiger partial charge in [0.1, 0.15) is 11.6 Å². The lowest BCUT2D eigenvalue weighted by Gasteiger charge is -2.35. The number of hydrogen-bond acceptors (Lipinski definition) is 4. The van der Waals surface area contributed by atoms with Crippen molar-refractivity contribution in [2.24, 2.45) is 0 Å². The van der Waals surface area contributed by atoms with Gasteiger partial charge in [-0.1, -0.05) is 6.07 Å². The molecule has 25 heavy (non-hydrogen) atoms. The molecular formula is C20H21N3O2. The molecule has 5 heteroatoms. The first-order valence-electron chi connectivity index (χ1n) is 9.07. The van der Waals surface area contributed by atoms with E-state index in [1.54, 1.807) is 7.11 Å². The van der Waals surface area contributed by atoms with Gasteiger partial charge in [-0.2, -0.15) is 0 Å². The highest BCUT2D eigenvalue weighted by molar-refractivity contribution is 5.95. The number of aromatic nitrogens is 2. The Bertz CT molecular complexity index is 847. The maximum absolute atomic E-state index is 13.2. The van der Waals surface area contributed by atoms with Gasteiger partial charge >= 0.3 is 0 Å². The number of ether oxygens (including phenoxy) is 1. The molecule has 5 rings (SSSR count). The van der Waals surface area contributed by atoms with Gasteiger partial charge < -0.3 is 9.64 Å². The molecule has 1 aromatic carbocycles. The van der Waals surface area contributed by atoms with Gasteiger partial charge in [-0.25, -0.2) is 9.97 Å². The fourth-order valence-electron chi connectivity index (χ4n) is 4.25. The van der Waals surface area contributed by atoms with Gasteiger partial charge in [0.15, 0.2) is 0 Å². The molecule has 3 aliphatic rings. The van der Waals surface area contributed by atoms with Gasteiger partial charge in [0.05, 0.1) is 18.8 Å². The van der Waals surface area contributed by atoms with E-state index in [0.717, 1.165) is 30.7 Å². The zero-order valence-electron chi connectivity index (χ0n) is 14.3. The van der Waals surface area contributed by atoms with Crippen molar-refractivity contribution in [3.63, 3.8) is 0 Å². The third-order valence-corrected chi connectivity index (χ3v) is 5.70. The number of rotatable bonds is 3. The van der Waals surface area contributed by atoms with Crippen LogP contribution in [-0.2, 0) is 6.42 Å². The minimum absolute atomic E-state index is 0.0864. The standard InChI is InChI=1S/C20H21N3O2/c1-25-15-4-2-3-13(9-15)20(24)23-14-7-8-18(23)16-11-21-19(12-5-6-12)22-17(16)10-14/h2-4,9,11-12,14,18H,5-8,10H2,1H3/t14-,18-/m1/s1. The van der Waals surface area contributed by atoms with Crippen LogP contribution in [0.2, 0.25) is 0 Å². The summed E-state index contributed by atoms with van der Waals surface area (Å²) in [4.78, 5) is 24.6. The van der Waals surface area contributed by atoms with Crippen molar-refractivity contribution in [2.45, 2.75) is 50.1 Å². The second-order valence-corrected chi connectivity index (χ2v) is 7.30. The average Bonchev–Trinajstić information content (AvgIpc) is 3.45. The van der Waals surface area contributed by atoms with E-state index >= 15 is 0 Å². The molecule has 2 bridgehead atoms. The maximum atomic E-state index is 13.2. The van der Waals surface area contributed by atoms with E-state index in [1.165, 1.54) is 18.5 Å². The van der Waals surface area contributed by atoms with Gasteiger partial charge in [0.25, 0.3) is 5.91 Å². The highest BCUT2D eigenvalue weighted by atomic mass is 16.5. The van der Waals surface area contributed by atoms with Crippen molar-refractivity contribution in [2.75, 3.05) is 7.11 Å². The number of carbonyl (C=O) groups is 1. The molecule has 2 fully saturated rings. The van der Waals surface area contributed by atoms with Crippen molar-refractivity contribution >= 4 is 5.91 Å². The Hall–Kier alpha value is -2.43. The first kappa shape index (κ1) is 14.9. The molecule has 0 radical (unpaired) electrons. The zero-order chi connectivity index (χ0) is 17.0. The van der Waals surface area contributed by atoms with Crippen LogP contribution in [0.5, 0.6) is 5.75 Å². The van der Waals surface area contributed by atoms with Crippen molar-refractivity contribution in [1.29, 1.82) is 0 Å². The van der Waals surface area contributed by atoms with Crippen molar-refractivity contribution in [3.05, 3.63) is 53.1 Å². The fourth-order valence-corrected chi connectivity index (χ4v) is 4.25. The van der Waals surface area contributed by atoms with Gasteiger partial charge in [-0.15, -0.1) is 0 Å². The van der Waals surface area contributed by atoms with Crippen molar-refractivity contribution in [1.82, 2.24) is 14.9 Å². The second kappa shape index (κ2) is 5.55. The van der Waals surface area contributed by atoms with E-state index in [9.17, 15) is 4.79 Å². The molecular weight excluding hydrogens is 314 g/mol. The van der Waals surface area contributed by atoms with Gasteiger partial charge in [-0.3, -0.25) is 4.79 Å². The second-order valence-electron chi connectivity index (χ2n) is 7.30. The third kappa shape index (κ3) is 2.41. The summed E-state index contributed by atoms with van der Waals surface area (Å²) in [6.45, 7) is 0. The Morgan fingerprint density at radius 1 is 1.24 bits per heavy atom. The Labute approximate surface area is 147 Å². The quantitative estimate of drug-likeness (QED) is 0.864. The van der Waals surface area contributed by atoms with Crippen molar-refractivity contribution < 1.29 is 9.53 Å². The molecule has 0 spiro atoms. The third-order valence-electron chi connectivity index (χ3n) is 5.70. The molecule has 2 aromatic rings. The molecule has 1 aliphatic carbocycles. The number of hydrogen-bond donors (Lipinski definition) is 0. The molecule has 1 saturated carbocycles. The summed E-state index contributed by atoms with van der Waals surface area (Å²) >= 11 is 0. The minimum atomic E-state index is 0.0864. The molecule has 2 aliphatic heterocycles. The molecule has 5 nitrogen and oxygen atoms in total. The van der Waals surface area contributed by atoms with Crippen LogP contribution in [0.3, 0.4) is 0 Å². The number of nitrogens with zero attached hydrogens (tertiary/aromatic N) is 3. The average molecular weight is 335 g/mol. The Morgan fingerprint density at radius 3 is 2.92 bits per heavy atom. The summed E-state index contributed by atoms with van der Waals surface area (Å²) in [6.07, 6.45) is 7.30. The maximum Gasteiger partial charge on any atom is 0.254 e. The van der Waals surface area contributed by atoms with Crippen LogP contribution >= 0.6 is 0 Å². The molecule has 0 N–H and O–H groups in total. The minimum Gasteiger partial charge on any atom is -0.497 e. The van der Waals surface area contributed by atoms with E-state index in [4.69, 9.17) is 9.72 Å². The first-order valence-corrected chi connectivity index (χ1v) is 9.07. The predicted octanol–water partition coefficient (Wildman–Crippen LogP) is 3.26. The largest absolute Gasteiger partial charge is 0.497 e. The van der Waals surface area contributed by atoms with E-state index < -0.39 is 0 Å². The normalized spacial score (nSPS) is 24.1. The number of carbonyl (C=O) groups excluding carboxylic acids is 1. The van der Waals surface area contributed by atoms with Gasteiger partial charge in [-0.05, 0) is 43.9 Å². The number of fused-ring (bicyclic) bond motifs is 4. The first-order chi connectivity index (χ1) is 12.2. The number of benzene rings is 1. The summed E-state index contributed by atoms with van der Waals surface area (Å²) in [6, 6.07) is 7.79. The lowest BCUT2D eigenvalue weighted by atomic mass is 9.98. The van der Waals surface area contributed by atoms with Crippen molar-refractivity contribution in [3.8, 4) is 5.75 Å². The molecule has 128 valence electrons. The highest BCUT2D eigenvalue weighted by Gasteiger charge is 2.44. The van der Waals surface area contributed by atoms with E-state index in [2.05, 4.69) is 9.88 Å². The molecule has 1 saturated heterocycles. The topological polar surface area (TPSA) is 55.3 Å². The molecule has 0 unspecified atom stereocenters. The summed E-state index contributed by atoms with van der Waals surface area (Å²) in [7, 11) is 1.62. The van der Waals surface area contributed by atoms with Gasteiger partial charge in [0, 0.05) is 35.7 Å². The lowest BCUT2D eigenvalue weighted by molar-refractivity contribution is 0.0643. The molecule has 2 atom stereocenters. The van der Waals surface area contributed by atoms with Crippen LogP contribution in [-0.4, -0.2) is 33.9 Å². The predicted molar refractivity (Wildman–Crippen MR) is 92.6 cm³/mol. The SMILES string of the molecule is COc1cccc(C(=O)N2[C@@H]3CC[C@@H]2c2cnc(C4CC4)nc2C3)c1. The number of methoxy groups -OCH3 is 1.